The van der Waals surface area contributed by atoms with Gasteiger partial charge in [0.05, 0.1) is 36.4 Å². The summed E-state index contributed by atoms with van der Waals surface area (Å²) in [6, 6.07) is 8.27. The highest BCUT2D eigenvalue weighted by molar-refractivity contribution is 6.24. The van der Waals surface area contributed by atoms with Crippen LogP contribution < -0.4 is 10.1 Å². The second kappa shape index (κ2) is 11.4. The van der Waals surface area contributed by atoms with Gasteiger partial charge in [0, 0.05) is 18.1 Å². The molecule has 1 N–H and O–H groups in total. The molecule has 1 aromatic heterocycles. The summed E-state index contributed by atoms with van der Waals surface area (Å²) in [5.74, 6) is 2.30. The fourth-order valence-electron chi connectivity index (χ4n) is 3.65. The van der Waals surface area contributed by atoms with Crippen molar-refractivity contribution in [1.29, 1.82) is 0 Å². The van der Waals surface area contributed by atoms with Crippen molar-refractivity contribution in [1.82, 2.24) is 10.3 Å². The van der Waals surface area contributed by atoms with Gasteiger partial charge in [0.2, 0.25) is 0 Å². The molecule has 0 amide bonds. The SMILES string of the molecule is C=C[C@H]1CNCC[C@H]1CCCc1ccnc2ccc(OC)cc12.ClOCl. The number of methoxy groups -OCH3 is 1. The van der Waals surface area contributed by atoms with E-state index in [1.54, 1.807) is 7.11 Å². The predicted molar refractivity (Wildman–Crippen MR) is 109 cm³/mol. The van der Waals surface area contributed by atoms with Gasteiger partial charge in [-0.3, -0.25) is 4.98 Å². The number of rotatable bonds is 6. The number of hydrogen-bond donors (Lipinski definition) is 1. The number of fused-ring (bicyclic) bond motifs is 1. The van der Waals surface area contributed by atoms with Crippen LogP contribution in [-0.4, -0.2) is 25.2 Å². The number of aromatic nitrogens is 1. The Labute approximate surface area is 165 Å². The van der Waals surface area contributed by atoms with Gasteiger partial charge in [-0.25, -0.2) is 0 Å². The van der Waals surface area contributed by atoms with E-state index in [0.29, 0.717) is 5.92 Å². The minimum absolute atomic E-state index is 0.623. The average Bonchev–Trinajstić information content (AvgIpc) is 2.68. The zero-order chi connectivity index (χ0) is 18.8. The Morgan fingerprint density at radius 1 is 1.35 bits per heavy atom. The molecule has 1 aromatic carbocycles. The molecule has 6 heteroatoms. The maximum atomic E-state index is 5.36. The van der Waals surface area contributed by atoms with Gasteiger partial charge in [-0.1, -0.05) is 6.08 Å². The Balaban J connectivity index is 0.000000758. The van der Waals surface area contributed by atoms with E-state index in [4.69, 9.17) is 4.74 Å². The average molecular weight is 397 g/mol. The van der Waals surface area contributed by atoms with E-state index in [1.165, 1.54) is 30.2 Å². The quantitative estimate of drug-likeness (QED) is 0.673. The summed E-state index contributed by atoms with van der Waals surface area (Å²) in [7, 11) is 1.71. The number of benzene rings is 1. The van der Waals surface area contributed by atoms with Crippen molar-refractivity contribution in [2.75, 3.05) is 20.2 Å². The molecule has 2 atom stereocenters. The maximum absolute atomic E-state index is 5.36. The van der Waals surface area contributed by atoms with Gasteiger partial charge in [-0.15, -0.1) is 6.58 Å². The summed E-state index contributed by atoms with van der Waals surface area (Å²) in [5, 5.41) is 4.69. The van der Waals surface area contributed by atoms with Crippen LogP contribution in [0.3, 0.4) is 0 Å². The number of ether oxygens (including phenoxy) is 1. The molecular weight excluding hydrogens is 371 g/mol. The number of aryl methyl sites for hydroxylation is 1. The van der Waals surface area contributed by atoms with E-state index < -0.39 is 0 Å². The molecule has 26 heavy (non-hydrogen) atoms. The molecular formula is C20H26Cl2N2O2. The molecule has 3 rings (SSSR count). The number of halogens is 2. The van der Waals surface area contributed by atoms with Crippen LogP contribution in [-0.2, 0) is 10.3 Å². The fourth-order valence-corrected chi connectivity index (χ4v) is 3.65. The summed E-state index contributed by atoms with van der Waals surface area (Å²) in [5.41, 5.74) is 2.42. The summed E-state index contributed by atoms with van der Waals surface area (Å²) in [6.45, 7) is 6.23. The Morgan fingerprint density at radius 3 is 2.88 bits per heavy atom. The topological polar surface area (TPSA) is 43.4 Å². The Hall–Kier alpha value is -1.33. The number of hydrogen-bond acceptors (Lipinski definition) is 4. The monoisotopic (exact) mass is 396 g/mol. The van der Waals surface area contributed by atoms with Gasteiger partial charge in [0.15, 0.2) is 0 Å². The van der Waals surface area contributed by atoms with Crippen molar-refractivity contribution >= 4 is 34.6 Å². The summed E-state index contributed by atoms with van der Waals surface area (Å²) in [6.07, 6.45) is 8.89. The zero-order valence-corrected chi connectivity index (χ0v) is 16.6. The molecule has 0 bridgehead atoms. The maximum Gasteiger partial charge on any atom is 0.119 e. The number of nitrogens with zero attached hydrogens (tertiary/aromatic N) is 1. The molecule has 4 nitrogen and oxygen atoms in total. The third-order valence-corrected chi connectivity index (χ3v) is 5.04. The molecule has 0 aliphatic carbocycles. The van der Waals surface area contributed by atoms with Gasteiger partial charge in [-0.05, 0) is 73.9 Å². The van der Waals surface area contributed by atoms with E-state index in [9.17, 15) is 0 Å². The molecule has 0 saturated carbocycles. The molecule has 2 aromatic rings. The van der Waals surface area contributed by atoms with E-state index in [2.05, 4.69) is 62.7 Å². The van der Waals surface area contributed by atoms with E-state index >= 15 is 0 Å². The highest BCUT2D eigenvalue weighted by Gasteiger charge is 2.21. The molecule has 0 radical (unpaired) electrons. The van der Waals surface area contributed by atoms with E-state index in [1.807, 2.05) is 18.3 Å². The van der Waals surface area contributed by atoms with Crippen LogP contribution in [0.2, 0.25) is 0 Å². The van der Waals surface area contributed by atoms with E-state index in [0.717, 1.165) is 36.7 Å². The predicted octanol–water partition coefficient (Wildman–Crippen LogP) is 5.29. The van der Waals surface area contributed by atoms with Crippen molar-refractivity contribution in [2.24, 2.45) is 11.8 Å². The molecule has 0 unspecified atom stereocenters. The standard InChI is InChI=1S/C20H26N2O.Cl2O/c1-3-15-14-21-11-9-16(15)5-4-6-17-10-12-22-20-8-7-18(23-2)13-19(17)20;1-3-2/h3,7-8,10,12-13,15-16,21H,1,4-6,9,11,14H2,2H3;/t15-,16+;/m0./s1. The molecule has 1 saturated heterocycles. The van der Waals surface area contributed by atoms with Crippen LogP contribution in [0.15, 0.2) is 43.1 Å². The molecule has 2 heterocycles. The first-order valence-electron chi connectivity index (χ1n) is 8.87. The van der Waals surface area contributed by atoms with Gasteiger partial charge in [0.25, 0.3) is 0 Å². The zero-order valence-electron chi connectivity index (χ0n) is 15.1. The smallest absolute Gasteiger partial charge is 0.119 e. The first-order valence-corrected chi connectivity index (χ1v) is 9.49. The Bertz CT molecular complexity index is 697. The largest absolute Gasteiger partial charge is 0.497 e. The second-order valence-corrected chi connectivity index (χ2v) is 6.92. The first-order chi connectivity index (χ1) is 12.7. The lowest BCUT2D eigenvalue weighted by molar-refractivity contribution is 0.280. The lowest BCUT2D eigenvalue weighted by atomic mass is 9.82. The molecule has 1 aliphatic heterocycles. The Kier molecular flexibility index (Phi) is 9.19. The third kappa shape index (κ3) is 5.85. The number of piperidine rings is 1. The first kappa shape index (κ1) is 21.0. The second-order valence-electron chi connectivity index (χ2n) is 6.46. The van der Waals surface area contributed by atoms with Crippen molar-refractivity contribution in [3.63, 3.8) is 0 Å². The minimum atomic E-state index is 0.623. The molecule has 1 aliphatic rings. The number of pyridine rings is 1. The van der Waals surface area contributed by atoms with Crippen molar-refractivity contribution in [3.05, 3.63) is 48.7 Å². The van der Waals surface area contributed by atoms with Gasteiger partial charge >= 0.3 is 0 Å². The molecule has 0 spiro atoms. The van der Waals surface area contributed by atoms with Crippen LogP contribution in [0.1, 0.15) is 24.8 Å². The van der Waals surface area contributed by atoms with E-state index in [-0.39, 0.29) is 0 Å². The van der Waals surface area contributed by atoms with Gasteiger partial charge in [-0.2, -0.15) is 3.84 Å². The van der Waals surface area contributed by atoms with Crippen LogP contribution in [0, 0.1) is 11.8 Å². The summed E-state index contributed by atoms with van der Waals surface area (Å²) >= 11 is 8.53. The van der Waals surface area contributed by atoms with Crippen LogP contribution >= 0.6 is 23.7 Å². The normalized spacial score (nSPS) is 19.5. The summed E-state index contributed by atoms with van der Waals surface area (Å²) < 4.78 is 8.55. The van der Waals surface area contributed by atoms with Crippen LogP contribution in [0.4, 0.5) is 0 Å². The number of nitrogens with one attached hydrogen (secondary N) is 1. The van der Waals surface area contributed by atoms with Crippen LogP contribution in [0.5, 0.6) is 5.75 Å². The Morgan fingerprint density at radius 2 is 2.15 bits per heavy atom. The van der Waals surface area contributed by atoms with Gasteiger partial charge < -0.3 is 10.1 Å². The van der Waals surface area contributed by atoms with Crippen molar-refractivity contribution in [2.45, 2.75) is 25.7 Å². The highest BCUT2D eigenvalue weighted by atomic mass is 35.6. The lowest BCUT2D eigenvalue weighted by Gasteiger charge is -2.30. The molecule has 1 fully saturated rings. The fraction of sp³-hybridized carbons (Fsp3) is 0.450. The highest BCUT2D eigenvalue weighted by Crippen LogP contribution is 2.27. The van der Waals surface area contributed by atoms with Crippen molar-refractivity contribution in [3.8, 4) is 5.75 Å². The lowest BCUT2D eigenvalue weighted by Crippen LogP contribution is -2.35. The minimum Gasteiger partial charge on any atom is -0.497 e. The molecule has 142 valence electrons. The summed E-state index contributed by atoms with van der Waals surface area (Å²) in [4.78, 5) is 4.46. The van der Waals surface area contributed by atoms with Crippen LogP contribution in [0.25, 0.3) is 10.9 Å². The third-order valence-electron chi connectivity index (χ3n) is 5.04. The van der Waals surface area contributed by atoms with Crippen molar-refractivity contribution < 1.29 is 8.58 Å². The van der Waals surface area contributed by atoms with Gasteiger partial charge in [0.1, 0.15) is 5.75 Å².